The minimum Gasteiger partial charge on any atom is -0.208 e. The Morgan fingerprint density at radius 1 is 0.286 bits per heavy atom. The van der Waals surface area contributed by atoms with E-state index in [1.54, 1.807) is 0 Å². The van der Waals surface area contributed by atoms with E-state index in [0.29, 0.717) is 17.5 Å². The SMILES string of the molecule is c1ccc(-c2nc(-c3ccccc3)nc(-c3ccccc3-c3ccc(-c4ccc5c(c4)Sc4ccccc4C54c5ccccc5-c5ccccc54)cc3)n2)cc1. The van der Waals surface area contributed by atoms with Crippen molar-refractivity contribution >= 4 is 11.8 Å². The van der Waals surface area contributed by atoms with Crippen LogP contribution < -0.4 is 0 Å². The van der Waals surface area contributed by atoms with E-state index in [0.717, 1.165) is 27.8 Å². The van der Waals surface area contributed by atoms with Gasteiger partial charge in [-0.2, -0.15) is 0 Å². The first-order chi connectivity index (χ1) is 27.8. The van der Waals surface area contributed by atoms with E-state index >= 15 is 0 Å². The second-order valence-corrected chi connectivity index (χ2v) is 15.4. The molecule has 0 radical (unpaired) electrons. The molecule has 56 heavy (non-hydrogen) atoms. The van der Waals surface area contributed by atoms with Crippen LogP contribution in [0.4, 0.5) is 0 Å². The van der Waals surface area contributed by atoms with Crippen molar-refractivity contribution in [1.29, 1.82) is 0 Å². The van der Waals surface area contributed by atoms with Crippen molar-refractivity contribution in [2.24, 2.45) is 0 Å². The second-order valence-electron chi connectivity index (χ2n) is 14.3. The zero-order chi connectivity index (χ0) is 37.1. The average Bonchev–Trinajstić information content (AvgIpc) is 3.57. The van der Waals surface area contributed by atoms with Gasteiger partial charge in [-0.1, -0.05) is 200 Å². The van der Waals surface area contributed by atoms with Gasteiger partial charge in [0.05, 0.1) is 5.41 Å². The van der Waals surface area contributed by atoms with Crippen molar-refractivity contribution in [2.45, 2.75) is 15.2 Å². The first-order valence-electron chi connectivity index (χ1n) is 18.9. The fourth-order valence-corrected chi connectivity index (χ4v) is 9.97. The maximum Gasteiger partial charge on any atom is 0.164 e. The Hall–Kier alpha value is -6.88. The van der Waals surface area contributed by atoms with E-state index in [-0.39, 0.29) is 5.41 Å². The van der Waals surface area contributed by atoms with Gasteiger partial charge in [0.1, 0.15) is 0 Å². The molecular formula is C52H33N3S. The third kappa shape index (κ3) is 5.10. The van der Waals surface area contributed by atoms with Crippen LogP contribution in [0.15, 0.2) is 210 Å². The average molecular weight is 732 g/mol. The Balaban J connectivity index is 0.997. The van der Waals surface area contributed by atoms with Gasteiger partial charge in [-0.3, -0.25) is 0 Å². The van der Waals surface area contributed by atoms with E-state index in [1.807, 2.05) is 72.4 Å². The van der Waals surface area contributed by atoms with Gasteiger partial charge in [-0.05, 0) is 67.8 Å². The Morgan fingerprint density at radius 2 is 0.732 bits per heavy atom. The summed E-state index contributed by atoms with van der Waals surface area (Å²) < 4.78 is 0. The van der Waals surface area contributed by atoms with Crippen LogP contribution in [0.25, 0.3) is 67.5 Å². The van der Waals surface area contributed by atoms with Gasteiger partial charge < -0.3 is 0 Å². The van der Waals surface area contributed by atoms with Crippen LogP contribution in [0.5, 0.6) is 0 Å². The number of fused-ring (bicyclic) bond motifs is 9. The van der Waals surface area contributed by atoms with Crippen LogP contribution in [-0.2, 0) is 5.41 Å². The molecule has 1 aliphatic heterocycles. The minimum atomic E-state index is -0.369. The quantitative estimate of drug-likeness (QED) is 0.177. The summed E-state index contributed by atoms with van der Waals surface area (Å²) in [4.78, 5) is 17.6. The Kier molecular flexibility index (Phi) is 7.64. The van der Waals surface area contributed by atoms with E-state index in [4.69, 9.17) is 15.0 Å². The first-order valence-corrected chi connectivity index (χ1v) is 19.8. The Bertz CT molecular complexity index is 2840. The van der Waals surface area contributed by atoms with E-state index < -0.39 is 0 Å². The lowest BCUT2D eigenvalue weighted by molar-refractivity contribution is 0.722. The largest absolute Gasteiger partial charge is 0.208 e. The molecule has 0 saturated carbocycles. The van der Waals surface area contributed by atoms with Gasteiger partial charge in [0, 0.05) is 26.5 Å². The number of hydrogen-bond acceptors (Lipinski definition) is 4. The summed E-state index contributed by atoms with van der Waals surface area (Å²) in [6.45, 7) is 0. The lowest BCUT2D eigenvalue weighted by Crippen LogP contribution is -2.31. The fourth-order valence-electron chi connectivity index (χ4n) is 8.74. The molecule has 3 nitrogen and oxygen atoms in total. The van der Waals surface area contributed by atoms with Crippen molar-refractivity contribution in [3.05, 3.63) is 222 Å². The van der Waals surface area contributed by atoms with Crippen molar-refractivity contribution in [2.75, 3.05) is 0 Å². The molecule has 262 valence electrons. The topological polar surface area (TPSA) is 38.7 Å². The molecule has 11 rings (SSSR count). The molecule has 0 saturated heterocycles. The molecule has 9 aromatic rings. The number of aromatic nitrogens is 3. The highest BCUT2D eigenvalue weighted by molar-refractivity contribution is 7.99. The molecule has 1 aromatic heterocycles. The van der Waals surface area contributed by atoms with Crippen LogP contribution in [0.1, 0.15) is 22.3 Å². The van der Waals surface area contributed by atoms with Crippen molar-refractivity contribution in [3.63, 3.8) is 0 Å². The summed E-state index contributed by atoms with van der Waals surface area (Å²) >= 11 is 1.88. The van der Waals surface area contributed by atoms with Crippen LogP contribution in [-0.4, -0.2) is 15.0 Å². The smallest absolute Gasteiger partial charge is 0.164 e. The van der Waals surface area contributed by atoms with E-state index in [9.17, 15) is 0 Å². The second kappa shape index (κ2) is 13.2. The fraction of sp³-hybridized carbons (Fsp3) is 0.0192. The minimum absolute atomic E-state index is 0.369. The van der Waals surface area contributed by atoms with Crippen LogP contribution in [0, 0.1) is 0 Å². The highest BCUT2D eigenvalue weighted by Crippen LogP contribution is 2.62. The molecule has 2 aliphatic rings. The lowest BCUT2D eigenvalue weighted by Gasteiger charge is -2.39. The molecule has 1 aliphatic carbocycles. The van der Waals surface area contributed by atoms with Gasteiger partial charge >= 0.3 is 0 Å². The van der Waals surface area contributed by atoms with Crippen molar-refractivity contribution < 1.29 is 0 Å². The lowest BCUT2D eigenvalue weighted by atomic mass is 9.67. The molecule has 8 aromatic carbocycles. The van der Waals surface area contributed by atoms with Crippen LogP contribution in [0.3, 0.4) is 0 Å². The number of rotatable bonds is 5. The van der Waals surface area contributed by atoms with Gasteiger partial charge in [-0.25, -0.2) is 15.0 Å². The van der Waals surface area contributed by atoms with Gasteiger partial charge in [0.25, 0.3) is 0 Å². The summed E-state index contributed by atoms with van der Waals surface area (Å²) in [5.41, 5.74) is 15.1. The third-order valence-electron chi connectivity index (χ3n) is 11.2. The maximum absolute atomic E-state index is 5.04. The third-order valence-corrected chi connectivity index (χ3v) is 12.4. The highest BCUT2D eigenvalue weighted by Gasteiger charge is 2.50. The molecule has 1 spiro atoms. The molecule has 0 fully saturated rings. The summed E-state index contributed by atoms with van der Waals surface area (Å²) in [7, 11) is 0. The summed E-state index contributed by atoms with van der Waals surface area (Å²) in [6, 6.07) is 71.6. The zero-order valence-corrected chi connectivity index (χ0v) is 31.1. The number of nitrogens with zero attached hydrogens (tertiary/aromatic N) is 3. The van der Waals surface area contributed by atoms with Gasteiger partial charge in [0.2, 0.25) is 0 Å². The molecule has 2 heterocycles. The summed E-state index contributed by atoms with van der Waals surface area (Å²) in [5.74, 6) is 1.95. The predicted octanol–water partition coefficient (Wildman–Crippen LogP) is 13.0. The molecule has 0 atom stereocenters. The van der Waals surface area contributed by atoms with Crippen molar-refractivity contribution in [1.82, 2.24) is 15.0 Å². The first kappa shape index (κ1) is 32.5. The maximum atomic E-state index is 5.04. The standard InChI is InChI=1S/C52H33N3S/c1-3-15-36(16-4-1)49-53-50(37-17-5-2-6-18-37)55-51(54-49)42-22-8-7-19-39(42)35-29-27-34(28-30-35)38-31-32-46-48(33-38)56-47-26-14-13-25-45(47)52(46)43-23-11-9-20-40(43)41-21-10-12-24-44(41)52/h1-33H. The number of benzene rings is 8. The molecule has 0 N–H and O–H groups in total. The Labute approximate surface area is 330 Å². The summed E-state index contributed by atoms with van der Waals surface area (Å²) in [6.07, 6.45) is 0. The molecular weight excluding hydrogens is 699 g/mol. The molecule has 0 unspecified atom stereocenters. The Morgan fingerprint density at radius 3 is 1.36 bits per heavy atom. The summed E-state index contributed by atoms with van der Waals surface area (Å²) in [5, 5.41) is 0. The van der Waals surface area contributed by atoms with E-state index in [1.165, 1.54) is 54.3 Å². The van der Waals surface area contributed by atoms with Gasteiger partial charge in [0.15, 0.2) is 17.5 Å². The monoisotopic (exact) mass is 731 g/mol. The predicted molar refractivity (Wildman–Crippen MR) is 228 cm³/mol. The highest BCUT2D eigenvalue weighted by atomic mass is 32.2. The zero-order valence-electron chi connectivity index (χ0n) is 30.3. The molecule has 0 bridgehead atoms. The van der Waals surface area contributed by atoms with Crippen LogP contribution in [0.2, 0.25) is 0 Å². The van der Waals surface area contributed by atoms with E-state index in [2.05, 4.69) is 140 Å². The molecule has 0 amide bonds. The van der Waals surface area contributed by atoms with Gasteiger partial charge in [-0.15, -0.1) is 0 Å². The van der Waals surface area contributed by atoms with Crippen LogP contribution >= 0.6 is 11.8 Å². The molecule has 4 heteroatoms. The normalized spacial score (nSPS) is 13.1. The van der Waals surface area contributed by atoms with Crippen molar-refractivity contribution in [3.8, 4) is 67.5 Å². The number of hydrogen-bond donors (Lipinski definition) is 0.